The minimum atomic E-state index is -0.654. The van der Waals surface area contributed by atoms with Crippen LogP contribution in [0.25, 0.3) is 5.69 Å². The molecule has 128 valence electrons. The number of carbonyl (C=O) groups is 1. The van der Waals surface area contributed by atoms with Crippen LogP contribution in [0.3, 0.4) is 0 Å². The van der Waals surface area contributed by atoms with Gasteiger partial charge in [-0.3, -0.25) is 14.6 Å². The number of nitrogens with zero attached hydrogens (tertiary/aromatic N) is 1. The third-order valence-electron chi connectivity index (χ3n) is 3.08. The molecule has 2 rings (SSSR count). The molecule has 0 saturated carbocycles. The van der Waals surface area contributed by atoms with Crippen molar-refractivity contribution in [1.82, 2.24) is 9.55 Å². The summed E-state index contributed by atoms with van der Waals surface area (Å²) in [5.41, 5.74) is -0.815. The number of aromatic nitrogens is 2. The van der Waals surface area contributed by atoms with Crippen LogP contribution in [0.1, 0.15) is 13.8 Å². The topological polar surface area (TPSA) is 93.2 Å². The van der Waals surface area contributed by atoms with Crippen LogP contribution in [0.5, 0.6) is 5.75 Å². The standard InChI is InChI=1S/C16H19N3O4S/c1-10(2)24-9-15(21)17-13-8-14(20)18-16(22)19(13)11-6-4-5-7-12(11)23-3/h4-8,10H,9H2,1-3H3,(H,17,21)(H,18,20,22). The number of hydrogen-bond donors (Lipinski definition) is 2. The lowest BCUT2D eigenvalue weighted by Crippen LogP contribution is -2.32. The van der Waals surface area contributed by atoms with E-state index in [1.165, 1.54) is 29.5 Å². The number of anilines is 1. The number of rotatable bonds is 6. The molecule has 1 aromatic carbocycles. The molecule has 0 atom stereocenters. The number of nitrogens with one attached hydrogen (secondary N) is 2. The Balaban J connectivity index is 2.47. The molecule has 0 aliphatic rings. The molecule has 0 aliphatic carbocycles. The molecule has 0 unspecified atom stereocenters. The fourth-order valence-electron chi connectivity index (χ4n) is 2.06. The second kappa shape index (κ2) is 7.87. The average molecular weight is 349 g/mol. The fourth-order valence-corrected chi connectivity index (χ4v) is 2.62. The molecular formula is C16H19N3O4S. The summed E-state index contributed by atoms with van der Waals surface area (Å²) in [6.07, 6.45) is 0. The lowest BCUT2D eigenvalue weighted by molar-refractivity contribution is -0.113. The van der Waals surface area contributed by atoms with E-state index in [1.54, 1.807) is 24.3 Å². The van der Waals surface area contributed by atoms with Crippen molar-refractivity contribution >= 4 is 23.5 Å². The van der Waals surface area contributed by atoms with Crippen molar-refractivity contribution < 1.29 is 9.53 Å². The lowest BCUT2D eigenvalue weighted by Gasteiger charge is -2.15. The molecule has 0 fully saturated rings. The van der Waals surface area contributed by atoms with Gasteiger partial charge in [-0.15, -0.1) is 11.8 Å². The maximum atomic E-state index is 12.3. The maximum absolute atomic E-state index is 12.3. The van der Waals surface area contributed by atoms with Crippen molar-refractivity contribution in [3.63, 3.8) is 0 Å². The second-order valence-corrected chi connectivity index (χ2v) is 6.80. The Kier molecular flexibility index (Phi) is 5.86. The van der Waals surface area contributed by atoms with Gasteiger partial charge in [0.1, 0.15) is 11.6 Å². The van der Waals surface area contributed by atoms with Crippen LogP contribution in [0, 0.1) is 0 Å². The highest BCUT2D eigenvalue weighted by atomic mass is 32.2. The highest BCUT2D eigenvalue weighted by Crippen LogP contribution is 2.23. The summed E-state index contributed by atoms with van der Waals surface area (Å²) in [4.78, 5) is 38.2. The van der Waals surface area contributed by atoms with Crippen LogP contribution in [0.15, 0.2) is 39.9 Å². The lowest BCUT2D eigenvalue weighted by atomic mass is 10.3. The monoisotopic (exact) mass is 349 g/mol. The third-order valence-corrected chi connectivity index (χ3v) is 4.18. The Morgan fingerprint density at radius 3 is 2.71 bits per heavy atom. The summed E-state index contributed by atoms with van der Waals surface area (Å²) < 4.78 is 6.46. The average Bonchev–Trinajstić information content (AvgIpc) is 2.52. The Morgan fingerprint density at radius 2 is 2.04 bits per heavy atom. The number of benzene rings is 1. The first-order chi connectivity index (χ1) is 11.4. The van der Waals surface area contributed by atoms with Crippen LogP contribution in [0.2, 0.25) is 0 Å². The number of H-pyrrole nitrogens is 1. The van der Waals surface area contributed by atoms with Crippen molar-refractivity contribution in [2.75, 3.05) is 18.2 Å². The Bertz CT molecular complexity index is 842. The molecule has 0 aliphatic heterocycles. The van der Waals surface area contributed by atoms with Crippen LogP contribution < -0.4 is 21.3 Å². The fraction of sp³-hybridized carbons (Fsp3) is 0.312. The molecule has 7 nitrogen and oxygen atoms in total. The number of thioether (sulfide) groups is 1. The molecule has 0 bridgehead atoms. The largest absolute Gasteiger partial charge is 0.495 e. The number of para-hydroxylation sites is 2. The minimum absolute atomic E-state index is 0.0996. The summed E-state index contributed by atoms with van der Waals surface area (Å²) in [5.74, 6) is 0.480. The van der Waals surface area contributed by atoms with Crippen LogP contribution in [0.4, 0.5) is 5.82 Å². The van der Waals surface area contributed by atoms with Crippen molar-refractivity contribution in [2.45, 2.75) is 19.1 Å². The van der Waals surface area contributed by atoms with Crippen molar-refractivity contribution in [3.05, 3.63) is 51.2 Å². The van der Waals surface area contributed by atoms with Gasteiger partial charge in [0.2, 0.25) is 5.91 Å². The van der Waals surface area contributed by atoms with Crippen molar-refractivity contribution in [2.24, 2.45) is 0 Å². The van der Waals surface area contributed by atoms with E-state index in [-0.39, 0.29) is 17.5 Å². The van der Waals surface area contributed by atoms with E-state index in [1.807, 2.05) is 13.8 Å². The van der Waals surface area contributed by atoms with Crippen molar-refractivity contribution in [1.29, 1.82) is 0 Å². The van der Waals surface area contributed by atoms with Gasteiger partial charge in [-0.2, -0.15) is 0 Å². The van der Waals surface area contributed by atoms with E-state index in [0.29, 0.717) is 16.7 Å². The first-order valence-electron chi connectivity index (χ1n) is 7.33. The Labute approximate surface area is 143 Å². The molecule has 0 radical (unpaired) electrons. The van der Waals surface area contributed by atoms with Gasteiger partial charge in [-0.05, 0) is 17.4 Å². The van der Waals surface area contributed by atoms with Gasteiger partial charge >= 0.3 is 5.69 Å². The summed E-state index contributed by atoms with van der Waals surface area (Å²) >= 11 is 1.47. The molecular weight excluding hydrogens is 330 g/mol. The Hall–Kier alpha value is -2.48. The number of aromatic amines is 1. The van der Waals surface area contributed by atoms with E-state index in [2.05, 4.69) is 10.3 Å². The maximum Gasteiger partial charge on any atom is 0.334 e. The molecule has 24 heavy (non-hydrogen) atoms. The van der Waals surface area contributed by atoms with E-state index >= 15 is 0 Å². The minimum Gasteiger partial charge on any atom is -0.495 e. The molecule has 2 N–H and O–H groups in total. The summed E-state index contributed by atoms with van der Waals surface area (Å²) in [6.45, 7) is 3.96. The highest BCUT2D eigenvalue weighted by molar-refractivity contribution is 8.00. The number of methoxy groups -OCH3 is 1. The van der Waals surface area contributed by atoms with Crippen LogP contribution in [-0.2, 0) is 4.79 Å². The van der Waals surface area contributed by atoms with Gasteiger partial charge in [0, 0.05) is 6.07 Å². The number of hydrogen-bond acceptors (Lipinski definition) is 5. The highest BCUT2D eigenvalue weighted by Gasteiger charge is 2.14. The number of amides is 1. The predicted octanol–water partition coefficient (Wildman–Crippen LogP) is 1.61. The zero-order valence-electron chi connectivity index (χ0n) is 13.7. The normalized spacial score (nSPS) is 10.7. The van der Waals surface area contributed by atoms with Gasteiger partial charge in [-0.1, -0.05) is 26.0 Å². The molecule has 0 saturated heterocycles. The van der Waals surface area contributed by atoms with E-state index in [9.17, 15) is 14.4 Å². The smallest absolute Gasteiger partial charge is 0.334 e. The molecule has 1 amide bonds. The summed E-state index contributed by atoms with van der Waals surface area (Å²) in [5, 5.41) is 2.92. The van der Waals surface area contributed by atoms with Gasteiger partial charge in [0.25, 0.3) is 5.56 Å². The molecule has 0 spiro atoms. The predicted molar refractivity (Wildman–Crippen MR) is 95.4 cm³/mol. The third kappa shape index (κ3) is 4.29. The van der Waals surface area contributed by atoms with Crippen LogP contribution >= 0.6 is 11.8 Å². The van der Waals surface area contributed by atoms with E-state index < -0.39 is 11.2 Å². The van der Waals surface area contributed by atoms with E-state index in [4.69, 9.17) is 4.74 Å². The zero-order chi connectivity index (χ0) is 17.7. The van der Waals surface area contributed by atoms with Gasteiger partial charge in [0.05, 0.1) is 18.6 Å². The molecule has 1 aromatic heterocycles. The second-order valence-electron chi connectivity index (χ2n) is 5.24. The quantitative estimate of drug-likeness (QED) is 0.826. The Morgan fingerprint density at radius 1 is 1.33 bits per heavy atom. The van der Waals surface area contributed by atoms with Crippen molar-refractivity contribution in [3.8, 4) is 11.4 Å². The number of ether oxygens (including phenoxy) is 1. The first kappa shape index (κ1) is 17.9. The SMILES string of the molecule is COc1ccccc1-n1c(NC(=O)CSC(C)C)cc(=O)[nH]c1=O. The van der Waals surface area contributed by atoms with Gasteiger partial charge in [-0.25, -0.2) is 9.36 Å². The molecule has 1 heterocycles. The van der Waals surface area contributed by atoms with Gasteiger partial charge < -0.3 is 10.1 Å². The van der Waals surface area contributed by atoms with E-state index in [0.717, 1.165) is 0 Å². The molecule has 8 heteroatoms. The first-order valence-corrected chi connectivity index (χ1v) is 8.38. The zero-order valence-corrected chi connectivity index (χ0v) is 14.5. The summed E-state index contributed by atoms with van der Waals surface area (Å²) in [6, 6.07) is 8.02. The van der Waals surface area contributed by atoms with Crippen LogP contribution in [-0.4, -0.2) is 33.6 Å². The molecule has 2 aromatic rings. The number of carbonyl (C=O) groups excluding carboxylic acids is 1. The summed E-state index contributed by atoms with van der Waals surface area (Å²) in [7, 11) is 1.48. The van der Waals surface area contributed by atoms with Gasteiger partial charge in [0.15, 0.2) is 0 Å².